The molecular formula is C17H24N2. The molecule has 0 radical (unpaired) electrons. The lowest BCUT2D eigenvalue weighted by molar-refractivity contribution is 0.466. The van der Waals surface area contributed by atoms with Crippen molar-refractivity contribution >= 4 is 16.5 Å². The van der Waals surface area contributed by atoms with Crippen LogP contribution in [-0.4, -0.2) is 19.1 Å². The summed E-state index contributed by atoms with van der Waals surface area (Å²) in [7, 11) is 0. The van der Waals surface area contributed by atoms with Gasteiger partial charge in [0.25, 0.3) is 0 Å². The summed E-state index contributed by atoms with van der Waals surface area (Å²) in [5.74, 6) is 0.545. The van der Waals surface area contributed by atoms with Gasteiger partial charge in [-0.05, 0) is 24.3 Å². The molecule has 1 unspecified atom stereocenters. The Morgan fingerprint density at radius 3 is 2.37 bits per heavy atom. The Labute approximate surface area is 116 Å². The lowest BCUT2D eigenvalue weighted by Crippen LogP contribution is -2.44. The summed E-state index contributed by atoms with van der Waals surface area (Å²) < 4.78 is 0. The Bertz CT molecular complexity index is 528. The van der Waals surface area contributed by atoms with Gasteiger partial charge in [0.05, 0.1) is 0 Å². The highest BCUT2D eigenvalue weighted by Crippen LogP contribution is 2.29. The second-order valence-electron chi connectivity index (χ2n) is 5.33. The van der Waals surface area contributed by atoms with Gasteiger partial charge in [-0.25, -0.2) is 0 Å². The number of nitrogens with zero attached hydrogens (tertiary/aromatic N) is 1. The van der Waals surface area contributed by atoms with Gasteiger partial charge in [0, 0.05) is 30.2 Å². The summed E-state index contributed by atoms with van der Waals surface area (Å²) in [5.41, 5.74) is 7.29. The fourth-order valence-corrected chi connectivity index (χ4v) is 2.80. The highest BCUT2D eigenvalue weighted by molar-refractivity contribution is 5.94. The van der Waals surface area contributed by atoms with E-state index < -0.39 is 0 Å². The molecule has 2 aromatic rings. The predicted molar refractivity (Wildman–Crippen MR) is 84.6 cm³/mol. The largest absolute Gasteiger partial charge is 0.367 e. The molecule has 102 valence electrons. The number of nitrogens with two attached hydrogens (primary N) is 1. The van der Waals surface area contributed by atoms with Crippen LogP contribution in [0.5, 0.6) is 0 Å². The van der Waals surface area contributed by atoms with Crippen LogP contribution in [0.4, 0.5) is 5.69 Å². The molecule has 0 bridgehead atoms. The number of hydrogen-bond acceptors (Lipinski definition) is 2. The zero-order chi connectivity index (χ0) is 13.8. The molecule has 2 N–H and O–H groups in total. The molecule has 0 spiro atoms. The van der Waals surface area contributed by atoms with Gasteiger partial charge in [0.2, 0.25) is 0 Å². The summed E-state index contributed by atoms with van der Waals surface area (Å²) >= 11 is 0. The third-order valence-electron chi connectivity index (χ3n) is 3.83. The van der Waals surface area contributed by atoms with Gasteiger partial charge in [0.15, 0.2) is 0 Å². The third kappa shape index (κ3) is 2.74. The third-order valence-corrected chi connectivity index (χ3v) is 3.83. The lowest BCUT2D eigenvalue weighted by Gasteiger charge is -2.35. The second-order valence-corrected chi connectivity index (χ2v) is 5.33. The van der Waals surface area contributed by atoms with Crippen LogP contribution in [0, 0.1) is 5.92 Å². The van der Waals surface area contributed by atoms with Gasteiger partial charge in [0.1, 0.15) is 0 Å². The van der Waals surface area contributed by atoms with Crippen LogP contribution < -0.4 is 10.6 Å². The molecule has 19 heavy (non-hydrogen) atoms. The molecule has 0 aromatic heterocycles. The molecule has 0 aliphatic rings. The highest BCUT2D eigenvalue weighted by atomic mass is 15.2. The average molecular weight is 256 g/mol. The van der Waals surface area contributed by atoms with Crippen molar-refractivity contribution in [3.05, 3.63) is 42.5 Å². The first-order valence-corrected chi connectivity index (χ1v) is 7.13. The minimum atomic E-state index is 0.385. The van der Waals surface area contributed by atoms with Crippen molar-refractivity contribution in [2.24, 2.45) is 11.7 Å². The van der Waals surface area contributed by atoms with E-state index in [2.05, 4.69) is 68.1 Å². The molecule has 0 amide bonds. The van der Waals surface area contributed by atoms with Crippen molar-refractivity contribution in [1.82, 2.24) is 0 Å². The maximum Gasteiger partial charge on any atom is 0.0448 e. The molecule has 0 saturated carbocycles. The molecule has 0 fully saturated rings. The van der Waals surface area contributed by atoms with E-state index in [4.69, 9.17) is 5.73 Å². The van der Waals surface area contributed by atoms with Crippen LogP contribution in [0.15, 0.2) is 42.5 Å². The monoisotopic (exact) mass is 256 g/mol. The second kappa shape index (κ2) is 6.07. The fourth-order valence-electron chi connectivity index (χ4n) is 2.80. The zero-order valence-corrected chi connectivity index (χ0v) is 12.1. The maximum atomic E-state index is 5.99. The molecule has 2 heteroatoms. The average Bonchev–Trinajstić information content (AvgIpc) is 2.43. The van der Waals surface area contributed by atoms with Crippen LogP contribution in [-0.2, 0) is 0 Å². The minimum Gasteiger partial charge on any atom is -0.367 e. The van der Waals surface area contributed by atoms with E-state index in [0.29, 0.717) is 18.5 Å². The molecule has 0 aliphatic heterocycles. The summed E-state index contributed by atoms with van der Waals surface area (Å²) in [4.78, 5) is 2.44. The first kappa shape index (κ1) is 13.9. The van der Waals surface area contributed by atoms with Crippen molar-refractivity contribution in [3.8, 4) is 0 Å². The molecule has 1 atom stereocenters. The maximum absolute atomic E-state index is 5.99. The van der Waals surface area contributed by atoms with E-state index in [-0.39, 0.29) is 0 Å². The van der Waals surface area contributed by atoms with Crippen LogP contribution in [0.3, 0.4) is 0 Å². The summed E-state index contributed by atoms with van der Waals surface area (Å²) in [5, 5.41) is 2.60. The van der Waals surface area contributed by atoms with Crippen molar-refractivity contribution in [3.63, 3.8) is 0 Å². The number of anilines is 1. The Kier molecular flexibility index (Phi) is 4.43. The Hall–Kier alpha value is -1.54. The van der Waals surface area contributed by atoms with Gasteiger partial charge < -0.3 is 10.6 Å². The number of likely N-dealkylation sites (N-methyl/N-ethyl adjacent to an activating group) is 1. The lowest BCUT2D eigenvalue weighted by atomic mass is 10.00. The molecule has 0 aliphatic carbocycles. The summed E-state index contributed by atoms with van der Waals surface area (Å²) in [6, 6.07) is 15.4. The smallest absolute Gasteiger partial charge is 0.0448 e. The predicted octanol–water partition coefficient (Wildman–Crippen LogP) is 3.65. The van der Waals surface area contributed by atoms with E-state index in [0.717, 1.165) is 6.54 Å². The van der Waals surface area contributed by atoms with E-state index in [1.165, 1.54) is 16.5 Å². The van der Waals surface area contributed by atoms with E-state index >= 15 is 0 Å². The summed E-state index contributed by atoms with van der Waals surface area (Å²) in [6.45, 7) is 8.35. The topological polar surface area (TPSA) is 29.3 Å². The van der Waals surface area contributed by atoms with E-state index in [1.807, 2.05) is 0 Å². The highest BCUT2D eigenvalue weighted by Gasteiger charge is 2.20. The van der Waals surface area contributed by atoms with Crippen LogP contribution in [0.2, 0.25) is 0 Å². The van der Waals surface area contributed by atoms with E-state index in [1.54, 1.807) is 0 Å². The van der Waals surface area contributed by atoms with Crippen molar-refractivity contribution in [1.29, 1.82) is 0 Å². The number of hydrogen-bond donors (Lipinski definition) is 1. The van der Waals surface area contributed by atoms with Gasteiger partial charge in [-0.1, -0.05) is 50.2 Å². The Balaban J connectivity index is 2.51. The van der Waals surface area contributed by atoms with Crippen LogP contribution >= 0.6 is 0 Å². The van der Waals surface area contributed by atoms with Crippen LogP contribution in [0.25, 0.3) is 10.8 Å². The molecule has 0 saturated heterocycles. The van der Waals surface area contributed by atoms with Gasteiger partial charge >= 0.3 is 0 Å². The first-order chi connectivity index (χ1) is 9.19. The van der Waals surface area contributed by atoms with E-state index in [9.17, 15) is 0 Å². The van der Waals surface area contributed by atoms with Gasteiger partial charge in [-0.2, -0.15) is 0 Å². The van der Waals surface area contributed by atoms with Crippen LogP contribution in [0.1, 0.15) is 20.8 Å². The molecule has 2 nitrogen and oxygen atoms in total. The number of fused-ring (bicyclic) bond motifs is 1. The molecular weight excluding hydrogens is 232 g/mol. The standard InChI is InChI=1S/C17H24N2/c1-4-19(17(12-18)13(2)3)16-11-7-9-14-8-5-6-10-15(14)16/h5-11,13,17H,4,12,18H2,1-3H3. The van der Waals surface area contributed by atoms with Gasteiger partial charge in [-0.3, -0.25) is 0 Å². The first-order valence-electron chi connectivity index (χ1n) is 7.13. The number of rotatable bonds is 5. The minimum absolute atomic E-state index is 0.385. The normalized spacial score (nSPS) is 12.9. The number of benzene rings is 2. The Morgan fingerprint density at radius 1 is 1.05 bits per heavy atom. The van der Waals surface area contributed by atoms with Gasteiger partial charge in [-0.15, -0.1) is 0 Å². The molecule has 2 rings (SSSR count). The fraction of sp³-hybridized carbons (Fsp3) is 0.412. The summed E-state index contributed by atoms with van der Waals surface area (Å²) in [6.07, 6.45) is 0. The zero-order valence-electron chi connectivity index (χ0n) is 12.1. The van der Waals surface area contributed by atoms with Crippen molar-refractivity contribution in [2.75, 3.05) is 18.0 Å². The Morgan fingerprint density at radius 2 is 1.74 bits per heavy atom. The molecule has 0 heterocycles. The SMILES string of the molecule is CCN(c1cccc2ccccc12)C(CN)C(C)C. The van der Waals surface area contributed by atoms with Crippen molar-refractivity contribution < 1.29 is 0 Å². The quantitative estimate of drug-likeness (QED) is 0.884. The van der Waals surface area contributed by atoms with Crippen molar-refractivity contribution in [2.45, 2.75) is 26.8 Å². The molecule has 2 aromatic carbocycles.